The van der Waals surface area contributed by atoms with Crippen LogP contribution in [0, 0.1) is 6.92 Å². The van der Waals surface area contributed by atoms with E-state index in [4.69, 9.17) is 0 Å². The second kappa shape index (κ2) is 4.57. The quantitative estimate of drug-likeness (QED) is 0.800. The highest BCUT2D eigenvalue weighted by Crippen LogP contribution is 2.19. The summed E-state index contributed by atoms with van der Waals surface area (Å²) in [4.78, 5) is 11.1. The summed E-state index contributed by atoms with van der Waals surface area (Å²) in [7, 11) is 0. The van der Waals surface area contributed by atoms with E-state index in [9.17, 15) is 0 Å². The van der Waals surface area contributed by atoms with Crippen LogP contribution in [0.4, 0.5) is 5.82 Å². The topological polar surface area (TPSA) is 41.1 Å². The lowest BCUT2D eigenvalue weighted by molar-refractivity contribution is 0.636. The van der Waals surface area contributed by atoms with E-state index < -0.39 is 0 Å². The van der Waals surface area contributed by atoms with Gasteiger partial charge in [0.05, 0.1) is 5.69 Å². The number of aryl methyl sites for hydroxylation is 1. The van der Waals surface area contributed by atoms with E-state index >= 15 is 0 Å². The van der Waals surface area contributed by atoms with Gasteiger partial charge in [-0.3, -0.25) is 4.98 Å². The van der Waals surface area contributed by atoms with E-state index in [0.717, 1.165) is 31.1 Å². The van der Waals surface area contributed by atoms with Crippen LogP contribution in [0.3, 0.4) is 0 Å². The number of nitrogens with one attached hydrogen (secondary N) is 1. The van der Waals surface area contributed by atoms with Crippen molar-refractivity contribution in [2.45, 2.75) is 26.3 Å². The third kappa shape index (κ3) is 2.09. The van der Waals surface area contributed by atoms with Crippen molar-refractivity contribution in [2.24, 2.45) is 0 Å². The predicted molar refractivity (Wildman–Crippen MR) is 61.1 cm³/mol. The minimum Gasteiger partial charge on any atom is -0.351 e. The van der Waals surface area contributed by atoms with E-state index in [1.165, 1.54) is 6.42 Å². The average molecular weight is 206 g/mol. The maximum absolute atomic E-state index is 4.43. The van der Waals surface area contributed by atoms with Gasteiger partial charge in [0.25, 0.3) is 0 Å². The molecular weight excluding hydrogens is 188 g/mol. The molecule has 0 amide bonds. The zero-order chi connectivity index (χ0) is 10.7. The number of likely N-dealkylation sites (N-methyl/N-ethyl adjacent to an activating group) is 1. The lowest BCUT2D eigenvalue weighted by Crippen LogP contribution is -2.37. The minimum absolute atomic E-state index is 0.574. The van der Waals surface area contributed by atoms with Crippen LogP contribution in [0.15, 0.2) is 12.4 Å². The summed E-state index contributed by atoms with van der Waals surface area (Å²) in [6.45, 7) is 7.36. The Hall–Kier alpha value is -1.16. The van der Waals surface area contributed by atoms with Gasteiger partial charge in [0.1, 0.15) is 5.82 Å². The van der Waals surface area contributed by atoms with E-state index in [0.29, 0.717) is 6.04 Å². The second-order valence-electron chi connectivity index (χ2n) is 3.90. The molecule has 15 heavy (non-hydrogen) atoms. The van der Waals surface area contributed by atoms with Gasteiger partial charge in [-0.2, -0.15) is 0 Å². The largest absolute Gasteiger partial charge is 0.351 e. The molecule has 4 nitrogen and oxygen atoms in total. The molecule has 82 valence electrons. The predicted octanol–water partition coefficient (Wildman–Crippen LogP) is 0.973. The number of hydrogen-bond acceptors (Lipinski definition) is 4. The molecule has 1 N–H and O–H groups in total. The van der Waals surface area contributed by atoms with Crippen molar-refractivity contribution in [1.82, 2.24) is 15.3 Å². The third-order valence-electron chi connectivity index (χ3n) is 2.94. The van der Waals surface area contributed by atoms with Gasteiger partial charge in [0, 0.05) is 31.5 Å². The maximum Gasteiger partial charge on any atom is 0.150 e. The molecule has 1 aliphatic rings. The Labute approximate surface area is 90.7 Å². The van der Waals surface area contributed by atoms with Gasteiger partial charge in [-0.15, -0.1) is 0 Å². The molecule has 0 aromatic carbocycles. The fraction of sp³-hybridized carbons (Fsp3) is 0.636. The van der Waals surface area contributed by atoms with E-state index in [1.807, 2.05) is 6.92 Å². The molecule has 0 radical (unpaired) electrons. The van der Waals surface area contributed by atoms with E-state index in [2.05, 4.69) is 27.1 Å². The number of anilines is 1. The summed E-state index contributed by atoms with van der Waals surface area (Å²) >= 11 is 0. The molecule has 0 saturated carbocycles. The van der Waals surface area contributed by atoms with Crippen molar-refractivity contribution >= 4 is 5.82 Å². The van der Waals surface area contributed by atoms with Crippen LogP contribution in [-0.2, 0) is 0 Å². The fourth-order valence-corrected chi connectivity index (χ4v) is 2.17. The molecule has 2 rings (SSSR count). The Morgan fingerprint density at radius 2 is 2.27 bits per heavy atom. The summed E-state index contributed by atoms with van der Waals surface area (Å²) in [5, 5.41) is 3.39. The van der Waals surface area contributed by atoms with Crippen molar-refractivity contribution < 1.29 is 0 Å². The summed E-state index contributed by atoms with van der Waals surface area (Å²) in [5.41, 5.74) is 1.02. The third-order valence-corrected chi connectivity index (χ3v) is 2.94. The van der Waals surface area contributed by atoms with Crippen molar-refractivity contribution in [1.29, 1.82) is 0 Å². The summed E-state index contributed by atoms with van der Waals surface area (Å²) in [5.74, 6) is 1.04. The van der Waals surface area contributed by atoms with Crippen molar-refractivity contribution in [3.63, 3.8) is 0 Å². The normalized spacial score (nSPS) is 20.5. The SMILES string of the molecule is CCN(c1nccnc1C)C1CCNC1. The number of aromatic nitrogens is 2. The van der Waals surface area contributed by atoms with Crippen LogP contribution in [0.25, 0.3) is 0 Å². The molecule has 0 bridgehead atoms. The Morgan fingerprint density at radius 3 is 2.87 bits per heavy atom. The van der Waals surface area contributed by atoms with Crippen molar-refractivity contribution in [3.8, 4) is 0 Å². The molecule has 2 heterocycles. The Bertz CT molecular complexity index is 320. The first-order chi connectivity index (χ1) is 7.33. The first kappa shape index (κ1) is 10.4. The van der Waals surface area contributed by atoms with Crippen LogP contribution in [-0.4, -0.2) is 35.6 Å². The molecule has 1 saturated heterocycles. The molecule has 1 unspecified atom stereocenters. The highest BCUT2D eigenvalue weighted by atomic mass is 15.2. The fourth-order valence-electron chi connectivity index (χ4n) is 2.17. The summed E-state index contributed by atoms with van der Waals surface area (Å²) in [6, 6.07) is 0.574. The first-order valence-corrected chi connectivity index (χ1v) is 5.58. The molecule has 1 aliphatic heterocycles. The number of hydrogen-bond donors (Lipinski definition) is 1. The minimum atomic E-state index is 0.574. The smallest absolute Gasteiger partial charge is 0.150 e. The molecule has 1 aromatic heterocycles. The molecule has 1 fully saturated rings. The van der Waals surface area contributed by atoms with Crippen molar-refractivity contribution in [3.05, 3.63) is 18.1 Å². The van der Waals surface area contributed by atoms with Crippen LogP contribution in [0.2, 0.25) is 0 Å². The molecule has 0 aliphatic carbocycles. The van der Waals surface area contributed by atoms with Crippen LogP contribution in [0.1, 0.15) is 19.0 Å². The highest BCUT2D eigenvalue weighted by molar-refractivity contribution is 5.43. The van der Waals surface area contributed by atoms with Crippen molar-refractivity contribution in [2.75, 3.05) is 24.5 Å². The lowest BCUT2D eigenvalue weighted by atomic mass is 10.2. The molecule has 1 atom stereocenters. The van der Waals surface area contributed by atoms with Crippen LogP contribution in [0.5, 0.6) is 0 Å². The average Bonchev–Trinajstić information content (AvgIpc) is 2.75. The van der Waals surface area contributed by atoms with E-state index in [-0.39, 0.29) is 0 Å². The second-order valence-corrected chi connectivity index (χ2v) is 3.90. The van der Waals surface area contributed by atoms with Gasteiger partial charge in [0.2, 0.25) is 0 Å². The zero-order valence-electron chi connectivity index (χ0n) is 9.40. The van der Waals surface area contributed by atoms with Gasteiger partial charge in [0.15, 0.2) is 0 Å². The highest BCUT2D eigenvalue weighted by Gasteiger charge is 2.23. The lowest BCUT2D eigenvalue weighted by Gasteiger charge is -2.28. The molecule has 0 spiro atoms. The van der Waals surface area contributed by atoms with Crippen LogP contribution >= 0.6 is 0 Å². The monoisotopic (exact) mass is 206 g/mol. The van der Waals surface area contributed by atoms with Gasteiger partial charge in [-0.1, -0.05) is 0 Å². The van der Waals surface area contributed by atoms with E-state index in [1.54, 1.807) is 12.4 Å². The zero-order valence-corrected chi connectivity index (χ0v) is 9.40. The van der Waals surface area contributed by atoms with Gasteiger partial charge < -0.3 is 10.2 Å². The summed E-state index contributed by atoms with van der Waals surface area (Å²) in [6.07, 6.45) is 4.72. The molecular formula is C11H18N4. The van der Waals surface area contributed by atoms with Crippen LogP contribution < -0.4 is 10.2 Å². The van der Waals surface area contributed by atoms with Gasteiger partial charge >= 0.3 is 0 Å². The first-order valence-electron chi connectivity index (χ1n) is 5.58. The summed E-state index contributed by atoms with van der Waals surface area (Å²) < 4.78 is 0. The number of rotatable bonds is 3. The number of nitrogens with zero attached hydrogens (tertiary/aromatic N) is 3. The Kier molecular flexibility index (Phi) is 3.16. The van der Waals surface area contributed by atoms with Gasteiger partial charge in [-0.05, 0) is 26.8 Å². The molecule has 1 aromatic rings. The Morgan fingerprint density at radius 1 is 1.47 bits per heavy atom. The Balaban J connectivity index is 2.22. The molecule has 4 heteroatoms. The van der Waals surface area contributed by atoms with Gasteiger partial charge in [-0.25, -0.2) is 4.98 Å². The maximum atomic E-state index is 4.43. The standard InChI is InChI=1S/C11H18N4/c1-3-15(10-4-5-12-8-10)11-9(2)13-6-7-14-11/h6-7,10,12H,3-5,8H2,1-2H3.